The molecule has 3 rings (SSSR count). The number of sulfone groups is 1. The summed E-state index contributed by atoms with van der Waals surface area (Å²) in [6.45, 7) is 9.43. The maximum atomic E-state index is 12.4. The van der Waals surface area contributed by atoms with Gasteiger partial charge in [-0.15, -0.1) is 0 Å². The fourth-order valence-corrected chi connectivity index (χ4v) is 5.43. The van der Waals surface area contributed by atoms with Crippen molar-refractivity contribution < 1.29 is 13.2 Å². The van der Waals surface area contributed by atoms with E-state index in [1.165, 1.54) is 11.1 Å². The standard InChI is InChI=1S/C19H27NO3S/c1-18(2)7-8-19(3,4)16-9-14(5-6-15(16)18)17(21)20-10-13-11-24(22,23)12-13/h5-6,9,13H,7-8,10-12H2,1-4H3,(H,20,21). The Morgan fingerprint density at radius 3 is 2.25 bits per heavy atom. The van der Waals surface area contributed by atoms with Gasteiger partial charge in [-0.05, 0) is 46.9 Å². The maximum absolute atomic E-state index is 12.4. The minimum absolute atomic E-state index is 0.0620. The van der Waals surface area contributed by atoms with E-state index >= 15 is 0 Å². The molecule has 0 aromatic heterocycles. The number of hydrogen-bond donors (Lipinski definition) is 1. The van der Waals surface area contributed by atoms with E-state index in [9.17, 15) is 13.2 Å². The Kier molecular flexibility index (Phi) is 4.06. The van der Waals surface area contributed by atoms with Crippen LogP contribution < -0.4 is 5.32 Å². The van der Waals surface area contributed by atoms with E-state index in [2.05, 4.69) is 39.1 Å². The molecule has 24 heavy (non-hydrogen) atoms. The van der Waals surface area contributed by atoms with Crippen LogP contribution in [0.2, 0.25) is 0 Å². The van der Waals surface area contributed by atoms with E-state index in [1.54, 1.807) is 0 Å². The lowest BCUT2D eigenvalue weighted by atomic mass is 9.63. The molecule has 1 aromatic rings. The highest BCUT2D eigenvalue weighted by Gasteiger charge is 2.37. The van der Waals surface area contributed by atoms with Crippen LogP contribution in [0.1, 0.15) is 62.0 Å². The van der Waals surface area contributed by atoms with Gasteiger partial charge in [-0.25, -0.2) is 8.42 Å². The van der Waals surface area contributed by atoms with Crippen LogP contribution in [0.15, 0.2) is 18.2 Å². The lowest BCUT2D eigenvalue weighted by Gasteiger charge is -2.42. The molecule has 1 N–H and O–H groups in total. The molecule has 1 aliphatic heterocycles. The lowest BCUT2D eigenvalue weighted by molar-refractivity contribution is 0.0948. The third kappa shape index (κ3) is 3.23. The summed E-state index contributed by atoms with van der Waals surface area (Å²) in [5.74, 6) is 0.338. The van der Waals surface area contributed by atoms with Crippen LogP contribution in [0.25, 0.3) is 0 Å². The monoisotopic (exact) mass is 349 g/mol. The Balaban J connectivity index is 1.76. The molecule has 132 valence electrons. The number of amides is 1. The van der Waals surface area contributed by atoms with Crippen molar-refractivity contribution in [3.05, 3.63) is 34.9 Å². The second-order valence-electron chi connectivity index (χ2n) is 8.68. The highest BCUT2D eigenvalue weighted by molar-refractivity contribution is 7.92. The van der Waals surface area contributed by atoms with Crippen LogP contribution in [0.4, 0.5) is 0 Å². The fraction of sp³-hybridized carbons (Fsp3) is 0.632. The van der Waals surface area contributed by atoms with Crippen LogP contribution in [0, 0.1) is 5.92 Å². The van der Waals surface area contributed by atoms with Crippen molar-refractivity contribution in [3.8, 4) is 0 Å². The molecular formula is C19H27NO3S. The van der Waals surface area contributed by atoms with Crippen molar-refractivity contribution in [2.75, 3.05) is 18.1 Å². The average Bonchev–Trinajstić information content (AvgIpc) is 2.47. The second-order valence-corrected chi connectivity index (χ2v) is 10.8. The van der Waals surface area contributed by atoms with Gasteiger partial charge in [0, 0.05) is 18.0 Å². The molecule has 1 aliphatic carbocycles. The Bertz CT molecular complexity index is 766. The Morgan fingerprint density at radius 1 is 1.08 bits per heavy atom. The van der Waals surface area contributed by atoms with Crippen molar-refractivity contribution >= 4 is 15.7 Å². The van der Waals surface area contributed by atoms with Crippen LogP contribution in [0.3, 0.4) is 0 Å². The predicted molar refractivity (Wildman–Crippen MR) is 96.2 cm³/mol. The largest absolute Gasteiger partial charge is 0.352 e. The molecule has 1 aromatic carbocycles. The first kappa shape index (κ1) is 17.5. The number of benzene rings is 1. The zero-order chi connectivity index (χ0) is 17.8. The first-order chi connectivity index (χ1) is 11.0. The summed E-state index contributed by atoms with van der Waals surface area (Å²) in [5.41, 5.74) is 3.48. The minimum Gasteiger partial charge on any atom is -0.352 e. The van der Waals surface area contributed by atoms with Crippen LogP contribution in [-0.2, 0) is 20.7 Å². The summed E-state index contributed by atoms with van der Waals surface area (Å²) in [6.07, 6.45) is 2.26. The van der Waals surface area contributed by atoms with E-state index in [4.69, 9.17) is 0 Å². The molecule has 0 radical (unpaired) electrons. The van der Waals surface area contributed by atoms with Gasteiger partial charge in [0.15, 0.2) is 9.84 Å². The topological polar surface area (TPSA) is 63.2 Å². The third-order valence-electron chi connectivity index (χ3n) is 5.65. The summed E-state index contributed by atoms with van der Waals surface area (Å²) in [5, 5.41) is 2.89. The summed E-state index contributed by atoms with van der Waals surface area (Å²) in [4.78, 5) is 12.4. The Labute approximate surface area is 145 Å². The highest BCUT2D eigenvalue weighted by Crippen LogP contribution is 2.45. The van der Waals surface area contributed by atoms with Crippen LogP contribution in [-0.4, -0.2) is 32.4 Å². The van der Waals surface area contributed by atoms with Crippen LogP contribution >= 0.6 is 0 Å². The smallest absolute Gasteiger partial charge is 0.251 e. The summed E-state index contributed by atoms with van der Waals surface area (Å²) in [6, 6.07) is 6.02. The molecule has 2 aliphatic rings. The number of nitrogens with one attached hydrogen (secondary N) is 1. The number of hydrogen-bond acceptors (Lipinski definition) is 3. The third-order valence-corrected chi connectivity index (χ3v) is 7.60. The second kappa shape index (κ2) is 5.58. The average molecular weight is 349 g/mol. The summed E-state index contributed by atoms with van der Waals surface area (Å²) in [7, 11) is -2.83. The van der Waals surface area contributed by atoms with E-state index < -0.39 is 9.84 Å². The Hall–Kier alpha value is -1.36. The van der Waals surface area contributed by atoms with Crippen molar-refractivity contribution in [1.82, 2.24) is 5.32 Å². The minimum atomic E-state index is -2.83. The number of carbonyl (C=O) groups excluding carboxylic acids is 1. The molecule has 0 bridgehead atoms. The normalized spacial score (nSPS) is 23.8. The molecule has 1 heterocycles. The molecule has 4 nitrogen and oxygen atoms in total. The summed E-state index contributed by atoms with van der Waals surface area (Å²) >= 11 is 0. The van der Waals surface area contributed by atoms with Gasteiger partial charge in [-0.1, -0.05) is 33.8 Å². The van der Waals surface area contributed by atoms with E-state index in [-0.39, 0.29) is 34.2 Å². The first-order valence-electron chi connectivity index (χ1n) is 8.64. The fourth-order valence-electron chi connectivity index (χ4n) is 3.86. The molecule has 0 saturated carbocycles. The number of rotatable bonds is 3. The van der Waals surface area contributed by atoms with Crippen molar-refractivity contribution in [2.24, 2.45) is 5.92 Å². The van der Waals surface area contributed by atoms with Gasteiger partial charge in [0.2, 0.25) is 0 Å². The first-order valence-corrected chi connectivity index (χ1v) is 10.5. The maximum Gasteiger partial charge on any atom is 0.251 e. The molecule has 1 amide bonds. The van der Waals surface area contributed by atoms with Gasteiger partial charge in [0.1, 0.15) is 0 Å². The Morgan fingerprint density at radius 2 is 1.67 bits per heavy atom. The van der Waals surface area contributed by atoms with Gasteiger partial charge < -0.3 is 5.32 Å². The predicted octanol–water partition coefficient (Wildman–Crippen LogP) is 2.81. The SMILES string of the molecule is CC1(C)CCC(C)(C)c2cc(C(=O)NCC3CS(=O)(=O)C3)ccc21. The number of carbonyl (C=O) groups is 1. The van der Waals surface area contributed by atoms with Crippen molar-refractivity contribution in [2.45, 2.75) is 51.4 Å². The molecule has 1 saturated heterocycles. The lowest BCUT2D eigenvalue weighted by Crippen LogP contribution is -2.44. The van der Waals surface area contributed by atoms with Gasteiger partial charge in [-0.2, -0.15) is 0 Å². The molecule has 0 spiro atoms. The van der Waals surface area contributed by atoms with Crippen molar-refractivity contribution in [3.63, 3.8) is 0 Å². The van der Waals surface area contributed by atoms with Gasteiger partial charge >= 0.3 is 0 Å². The quantitative estimate of drug-likeness (QED) is 0.913. The van der Waals surface area contributed by atoms with Gasteiger partial charge in [-0.3, -0.25) is 4.79 Å². The number of fused-ring (bicyclic) bond motifs is 1. The van der Waals surface area contributed by atoms with Gasteiger partial charge in [0.25, 0.3) is 5.91 Å². The zero-order valence-corrected chi connectivity index (χ0v) is 15.8. The summed E-state index contributed by atoms with van der Waals surface area (Å²) < 4.78 is 22.4. The van der Waals surface area contributed by atoms with E-state index in [0.29, 0.717) is 12.1 Å². The molecule has 1 fully saturated rings. The molecule has 0 atom stereocenters. The molecule has 5 heteroatoms. The van der Waals surface area contributed by atoms with Gasteiger partial charge in [0.05, 0.1) is 11.5 Å². The van der Waals surface area contributed by atoms with E-state index in [0.717, 1.165) is 12.8 Å². The van der Waals surface area contributed by atoms with Crippen LogP contribution in [0.5, 0.6) is 0 Å². The molecular weight excluding hydrogens is 322 g/mol. The van der Waals surface area contributed by atoms with E-state index in [1.807, 2.05) is 12.1 Å². The zero-order valence-electron chi connectivity index (χ0n) is 15.0. The molecule has 0 unspecified atom stereocenters. The van der Waals surface area contributed by atoms with Crippen molar-refractivity contribution in [1.29, 1.82) is 0 Å². The highest BCUT2D eigenvalue weighted by atomic mass is 32.2.